The highest BCUT2D eigenvalue weighted by Gasteiger charge is 2.37. The minimum atomic E-state index is -0.492. The van der Waals surface area contributed by atoms with E-state index in [1.54, 1.807) is 17.7 Å². The molecule has 1 saturated heterocycles. The number of halogens is 2. The maximum absolute atomic E-state index is 13.8. The van der Waals surface area contributed by atoms with E-state index in [0.717, 1.165) is 48.1 Å². The highest BCUT2D eigenvalue weighted by Crippen LogP contribution is 2.46. The van der Waals surface area contributed by atoms with E-state index in [-0.39, 0.29) is 11.9 Å². The van der Waals surface area contributed by atoms with Crippen LogP contribution < -0.4 is 10.1 Å². The number of rotatable bonds is 5. The lowest BCUT2D eigenvalue weighted by molar-refractivity contribution is -0.927. The lowest BCUT2D eigenvalue weighted by Crippen LogP contribution is -2.57. The number of likely N-dealkylation sites (N-methyl/N-ethyl adjacent to an activating group) is 1. The second-order valence-corrected chi connectivity index (χ2v) is 11.6. The van der Waals surface area contributed by atoms with Crippen LogP contribution in [0.4, 0.5) is 0 Å². The standard InChI is InChI=1S/C30H36Cl2N2O2/c1-2-34(20-21-8-6-4-3-5-7-9-21)16-14-24(15-17-34)33-30(35)29-25-18-22(31)10-12-27(25)36-28-13-11-23(32)19-26(28)29/h8,10-13,18-19,24,29H,2-7,9,14-17,20H2,1H3/p+1/b21-8-. The van der Waals surface area contributed by atoms with E-state index in [2.05, 4.69) is 18.3 Å². The molecule has 2 aromatic rings. The molecule has 0 spiro atoms. The monoisotopic (exact) mass is 527 g/mol. The van der Waals surface area contributed by atoms with Gasteiger partial charge in [0.2, 0.25) is 5.91 Å². The first-order valence-corrected chi connectivity index (χ1v) is 14.3. The third-order valence-electron chi connectivity index (χ3n) is 8.39. The van der Waals surface area contributed by atoms with E-state index in [4.69, 9.17) is 27.9 Å². The first-order chi connectivity index (χ1) is 17.5. The van der Waals surface area contributed by atoms with E-state index in [9.17, 15) is 4.79 Å². The smallest absolute Gasteiger partial charge is 0.232 e. The van der Waals surface area contributed by atoms with Crippen LogP contribution in [-0.4, -0.2) is 42.6 Å². The minimum Gasteiger partial charge on any atom is -0.457 e. The van der Waals surface area contributed by atoms with Crippen molar-refractivity contribution in [2.45, 2.75) is 70.3 Å². The number of nitrogens with zero attached hydrogens (tertiary/aromatic N) is 1. The summed E-state index contributed by atoms with van der Waals surface area (Å²) in [6, 6.07) is 11.1. The number of likely N-dealkylation sites (tertiary alicyclic amines) is 1. The van der Waals surface area contributed by atoms with Gasteiger partial charge in [-0.05, 0) is 74.6 Å². The van der Waals surface area contributed by atoms with E-state index < -0.39 is 5.92 Å². The number of carbonyl (C=O) groups is 1. The fraction of sp³-hybridized carbons (Fsp3) is 0.500. The van der Waals surface area contributed by atoms with Crippen molar-refractivity contribution in [2.24, 2.45) is 0 Å². The Morgan fingerprint density at radius 2 is 1.61 bits per heavy atom. The quantitative estimate of drug-likeness (QED) is 0.320. The summed E-state index contributed by atoms with van der Waals surface area (Å²) in [7, 11) is 0. The van der Waals surface area contributed by atoms with Crippen LogP contribution in [0.2, 0.25) is 10.0 Å². The summed E-state index contributed by atoms with van der Waals surface area (Å²) >= 11 is 12.6. The summed E-state index contributed by atoms with van der Waals surface area (Å²) in [6.07, 6.45) is 12.4. The summed E-state index contributed by atoms with van der Waals surface area (Å²) in [5.41, 5.74) is 3.24. The zero-order valence-electron chi connectivity index (χ0n) is 21.2. The predicted molar refractivity (Wildman–Crippen MR) is 147 cm³/mol. The number of fused-ring (bicyclic) bond motifs is 2. The zero-order chi connectivity index (χ0) is 25.1. The van der Waals surface area contributed by atoms with Crippen LogP contribution in [0.3, 0.4) is 0 Å². The van der Waals surface area contributed by atoms with Gasteiger partial charge in [0.15, 0.2) is 0 Å². The molecular weight excluding hydrogens is 491 g/mol. The predicted octanol–water partition coefficient (Wildman–Crippen LogP) is 7.63. The number of carbonyl (C=O) groups excluding carboxylic acids is 1. The summed E-state index contributed by atoms with van der Waals surface area (Å²) in [5, 5.41) is 4.57. The molecule has 0 unspecified atom stereocenters. The molecule has 4 nitrogen and oxygen atoms in total. The maximum Gasteiger partial charge on any atom is 0.232 e. The topological polar surface area (TPSA) is 38.3 Å². The summed E-state index contributed by atoms with van der Waals surface area (Å²) < 4.78 is 7.23. The van der Waals surface area contributed by atoms with Crippen molar-refractivity contribution in [3.63, 3.8) is 0 Å². The van der Waals surface area contributed by atoms with Crippen LogP contribution in [0.1, 0.15) is 75.3 Å². The fourth-order valence-corrected chi connectivity index (χ4v) is 6.57. The lowest BCUT2D eigenvalue weighted by Gasteiger charge is -2.44. The molecule has 0 aromatic heterocycles. The second-order valence-electron chi connectivity index (χ2n) is 10.8. The van der Waals surface area contributed by atoms with Crippen LogP contribution in [0, 0.1) is 0 Å². The Balaban J connectivity index is 1.29. The SMILES string of the molecule is CC[N+]1(C/C2=C\CCCCCC2)CCC(NC(=O)C2c3cc(Cl)ccc3Oc3ccc(Cl)cc32)CC1. The molecule has 1 aliphatic carbocycles. The van der Waals surface area contributed by atoms with Crippen LogP contribution >= 0.6 is 23.2 Å². The van der Waals surface area contributed by atoms with Gasteiger partial charge in [-0.2, -0.15) is 0 Å². The van der Waals surface area contributed by atoms with Gasteiger partial charge in [0, 0.05) is 40.1 Å². The maximum atomic E-state index is 13.8. The van der Waals surface area contributed by atoms with Crippen LogP contribution in [0.25, 0.3) is 0 Å². The number of benzene rings is 2. The van der Waals surface area contributed by atoms with Crippen molar-refractivity contribution in [3.8, 4) is 11.5 Å². The Hall–Kier alpha value is -2.01. The number of ether oxygens (including phenoxy) is 1. The number of quaternary nitrogens is 1. The molecule has 5 rings (SSSR count). The Kier molecular flexibility index (Phi) is 7.95. The molecular formula is C30H37Cl2N2O2+. The molecule has 2 heterocycles. The number of amides is 1. The van der Waals surface area contributed by atoms with Gasteiger partial charge in [0.05, 0.1) is 25.6 Å². The molecule has 2 aromatic carbocycles. The lowest BCUT2D eigenvalue weighted by atomic mass is 9.86. The molecule has 1 amide bonds. The minimum absolute atomic E-state index is 0.00504. The van der Waals surface area contributed by atoms with Crippen LogP contribution in [0.15, 0.2) is 48.0 Å². The number of nitrogens with one attached hydrogen (secondary N) is 1. The van der Waals surface area contributed by atoms with Crippen molar-refractivity contribution in [1.82, 2.24) is 5.32 Å². The van der Waals surface area contributed by atoms with Gasteiger partial charge in [0.25, 0.3) is 0 Å². The van der Waals surface area contributed by atoms with E-state index in [1.165, 1.54) is 45.1 Å². The first-order valence-electron chi connectivity index (χ1n) is 13.6. The largest absolute Gasteiger partial charge is 0.457 e. The Morgan fingerprint density at radius 1 is 0.972 bits per heavy atom. The summed E-state index contributed by atoms with van der Waals surface area (Å²) in [6.45, 7) is 6.87. The molecule has 0 atom stereocenters. The van der Waals surface area contributed by atoms with Crippen molar-refractivity contribution < 1.29 is 14.0 Å². The molecule has 192 valence electrons. The Bertz CT molecular complexity index is 1090. The normalized spacial score (nSPS) is 25.9. The number of allylic oxidation sites excluding steroid dienone is 1. The summed E-state index contributed by atoms with van der Waals surface area (Å²) in [4.78, 5) is 13.8. The van der Waals surface area contributed by atoms with Gasteiger partial charge in [-0.15, -0.1) is 0 Å². The number of piperidine rings is 1. The van der Waals surface area contributed by atoms with E-state index >= 15 is 0 Å². The molecule has 1 fully saturated rings. The first kappa shape index (κ1) is 25.6. The van der Waals surface area contributed by atoms with E-state index in [0.29, 0.717) is 21.5 Å². The molecule has 0 radical (unpaired) electrons. The highest BCUT2D eigenvalue weighted by molar-refractivity contribution is 6.31. The van der Waals surface area contributed by atoms with Gasteiger partial charge in [-0.3, -0.25) is 4.79 Å². The van der Waals surface area contributed by atoms with Gasteiger partial charge >= 0.3 is 0 Å². The van der Waals surface area contributed by atoms with Crippen molar-refractivity contribution in [1.29, 1.82) is 0 Å². The van der Waals surface area contributed by atoms with Crippen LogP contribution in [0.5, 0.6) is 11.5 Å². The van der Waals surface area contributed by atoms with Crippen molar-refractivity contribution in [3.05, 3.63) is 69.2 Å². The third kappa shape index (κ3) is 5.61. The highest BCUT2D eigenvalue weighted by atomic mass is 35.5. The van der Waals surface area contributed by atoms with Crippen molar-refractivity contribution >= 4 is 29.1 Å². The molecule has 0 bridgehead atoms. The fourth-order valence-electron chi connectivity index (χ4n) is 6.21. The average molecular weight is 529 g/mol. The Labute approximate surface area is 225 Å². The number of hydrogen-bond donors (Lipinski definition) is 1. The molecule has 36 heavy (non-hydrogen) atoms. The third-order valence-corrected chi connectivity index (χ3v) is 8.86. The molecule has 1 N–H and O–H groups in total. The number of hydrogen-bond acceptors (Lipinski definition) is 2. The second kappa shape index (κ2) is 11.2. The molecule has 2 aliphatic heterocycles. The zero-order valence-corrected chi connectivity index (χ0v) is 22.7. The van der Waals surface area contributed by atoms with Gasteiger partial charge in [-0.25, -0.2) is 0 Å². The molecule has 0 saturated carbocycles. The van der Waals surface area contributed by atoms with E-state index in [1.807, 2.05) is 24.3 Å². The molecule has 3 aliphatic rings. The Morgan fingerprint density at radius 3 is 2.25 bits per heavy atom. The van der Waals surface area contributed by atoms with Gasteiger partial charge < -0.3 is 14.5 Å². The van der Waals surface area contributed by atoms with Gasteiger partial charge in [0.1, 0.15) is 18.0 Å². The molecule has 6 heteroatoms. The van der Waals surface area contributed by atoms with Crippen LogP contribution in [-0.2, 0) is 4.79 Å². The summed E-state index contributed by atoms with van der Waals surface area (Å²) in [5.74, 6) is 0.849. The average Bonchev–Trinajstić information content (AvgIpc) is 2.85. The van der Waals surface area contributed by atoms with Gasteiger partial charge in [-0.1, -0.05) is 42.1 Å². The van der Waals surface area contributed by atoms with Crippen molar-refractivity contribution in [2.75, 3.05) is 26.2 Å².